The van der Waals surface area contributed by atoms with Gasteiger partial charge in [0.2, 0.25) is 0 Å². The molecule has 0 aliphatic carbocycles. The van der Waals surface area contributed by atoms with E-state index in [4.69, 9.17) is 4.74 Å². The molecule has 1 heterocycles. The zero-order chi connectivity index (χ0) is 13.8. The number of amides is 1. The lowest BCUT2D eigenvalue weighted by Crippen LogP contribution is -2.45. The van der Waals surface area contributed by atoms with Crippen molar-refractivity contribution in [3.05, 3.63) is 48.0 Å². The minimum absolute atomic E-state index is 0.0510. The largest absolute Gasteiger partial charge is 0.374 e. The normalized spacial score (nSPS) is 18.9. The summed E-state index contributed by atoms with van der Waals surface area (Å²) in [6.07, 6.45) is 0.0631. The molecule has 0 aromatic heterocycles. The highest BCUT2D eigenvalue weighted by Gasteiger charge is 2.14. The van der Waals surface area contributed by atoms with Crippen LogP contribution < -0.4 is 10.6 Å². The average molecular weight is 270 g/mol. The summed E-state index contributed by atoms with van der Waals surface area (Å²) in [7, 11) is 0. The molecule has 1 amide bonds. The third-order valence-corrected chi connectivity index (χ3v) is 3.51. The molecule has 1 fully saturated rings. The van der Waals surface area contributed by atoms with Gasteiger partial charge >= 0.3 is 0 Å². The van der Waals surface area contributed by atoms with E-state index in [0.29, 0.717) is 18.7 Å². The highest BCUT2D eigenvalue weighted by atomic mass is 16.5. The van der Waals surface area contributed by atoms with Crippen molar-refractivity contribution in [1.82, 2.24) is 10.6 Å². The molecule has 20 heavy (non-hydrogen) atoms. The van der Waals surface area contributed by atoms with Crippen LogP contribution in [0.15, 0.2) is 42.5 Å². The topological polar surface area (TPSA) is 50.4 Å². The molecular formula is C16H18N2O2. The van der Waals surface area contributed by atoms with Gasteiger partial charge in [0, 0.05) is 25.2 Å². The van der Waals surface area contributed by atoms with Gasteiger partial charge in [-0.1, -0.05) is 30.3 Å². The predicted molar refractivity (Wildman–Crippen MR) is 78.9 cm³/mol. The molecule has 1 saturated heterocycles. The summed E-state index contributed by atoms with van der Waals surface area (Å²) in [5.74, 6) is -0.0510. The zero-order valence-electron chi connectivity index (χ0n) is 11.3. The van der Waals surface area contributed by atoms with Gasteiger partial charge in [-0.25, -0.2) is 0 Å². The third kappa shape index (κ3) is 2.98. The van der Waals surface area contributed by atoms with Gasteiger partial charge < -0.3 is 15.4 Å². The number of rotatable bonds is 3. The van der Waals surface area contributed by atoms with Crippen LogP contribution in [0.1, 0.15) is 10.4 Å². The van der Waals surface area contributed by atoms with Crippen molar-refractivity contribution in [2.24, 2.45) is 0 Å². The Balaban J connectivity index is 1.65. The van der Waals surface area contributed by atoms with Crippen molar-refractivity contribution in [2.45, 2.75) is 6.10 Å². The Bertz CT molecular complexity index is 606. The molecule has 1 atom stereocenters. The van der Waals surface area contributed by atoms with Crippen molar-refractivity contribution in [3.63, 3.8) is 0 Å². The molecule has 3 rings (SSSR count). The number of hydrogen-bond donors (Lipinski definition) is 2. The van der Waals surface area contributed by atoms with E-state index in [2.05, 4.69) is 10.6 Å². The van der Waals surface area contributed by atoms with Crippen LogP contribution in [-0.2, 0) is 4.74 Å². The number of morpholine rings is 1. The fraction of sp³-hybridized carbons (Fsp3) is 0.312. The summed E-state index contributed by atoms with van der Waals surface area (Å²) >= 11 is 0. The van der Waals surface area contributed by atoms with Crippen LogP contribution in [0.2, 0.25) is 0 Å². The van der Waals surface area contributed by atoms with Crippen LogP contribution in [0.5, 0.6) is 0 Å². The summed E-state index contributed by atoms with van der Waals surface area (Å²) in [6, 6.07) is 13.8. The Kier molecular flexibility index (Phi) is 3.95. The van der Waals surface area contributed by atoms with E-state index in [1.807, 2.05) is 42.5 Å². The molecule has 0 spiro atoms. The third-order valence-electron chi connectivity index (χ3n) is 3.51. The number of fused-ring (bicyclic) bond motifs is 1. The van der Waals surface area contributed by atoms with Gasteiger partial charge in [0.25, 0.3) is 5.91 Å². The van der Waals surface area contributed by atoms with Crippen molar-refractivity contribution in [1.29, 1.82) is 0 Å². The van der Waals surface area contributed by atoms with Gasteiger partial charge in [-0.15, -0.1) is 0 Å². The van der Waals surface area contributed by atoms with Crippen LogP contribution in [0.25, 0.3) is 10.8 Å². The maximum absolute atomic E-state index is 12.1. The molecule has 1 aliphatic rings. The molecule has 4 nitrogen and oxygen atoms in total. The van der Waals surface area contributed by atoms with Crippen LogP contribution in [-0.4, -0.2) is 38.3 Å². The van der Waals surface area contributed by atoms with E-state index in [-0.39, 0.29) is 12.0 Å². The maximum Gasteiger partial charge on any atom is 0.251 e. The first kappa shape index (κ1) is 13.1. The molecule has 2 aromatic rings. The summed E-state index contributed by atoms with van der Waals surface area (Å²) < 4.78 is 5.56. The van der Waals surface area contributed by atoms with Crippen molar-refractivity contribution in [3.8, 4) is 0 Å². The standard InChI is InChI=1S/C16H18N2O2/c19-16(18-11-15-10-17-7-8-20-15)14-6-5-12-3-1-2-4-13(12)9-14/h1-6,9,15,17H,7-8,10-11H2,(H,18,19). The Morgan fingerprint density at radius 3 is 2.90 bits per heavy atom. The lowest BCUT2D eigenvalue weighted by atomic mass is 10.1. The monoisotopic (exact) mass is 270 g/mol. The quantitative estimate of drug-likeness (QED) is 0.890. The van der Waals surface area contributed by atoms with Crippen LogP contribution in [0.3, 0.4) is 0 Å². The number of hydrogen-bond acceptors (Lipinski definition) is 3. The highest BCUT2D eigenvalue weighted by Crippen LogP contribution is 2.15. The SMILES string of the molecule is O=C(NCC1CNCCO1)c1ccc2ccccc2c1. The maximum atomic E-state index is 12.1. The Labute approximate surface area is 118 Å². The number of carbonyl (C=O) groups is 1. The Morgan fingerprint density at radius 2 is 2.10 bits per heavy atom. The molecular weight excluding hydrogens is 252 g/mol. The van der Waals surface area contributed by atoms with E-state index >= 15 is 0 Å². The minimum Gasteiger partial charge on any atom is -0.374 e. The molecule has 0 saturated carbocycles. The first-order valence-electron chi connectivity index (χ1n) is 6.92. The smallest absolute Gasteiger partial charge is 0.251 e. The van der Waals surface area contributed by atoms with Gasteiger partial charge in [-0.3, -0.25) is 4.79 Å². The summed E-state index contributed by atoms with van der Waals surface area (Å²) in [5, 5.41) is 8.40. The lowest BCUT2D eigenvalue weighted by Gasteiger charge is -2.23. The van der Waals surface area contributed by atoms with Crippen LogP contribution >= 0.6 is 0 Å². The van der Waals surface area contributed by atoms with Gasteiger partial charge in [-0.2, -0.15) is 0 Å². The number of nitrogens with one attached hydrogen (secondary N) is 2. The Hall–Kier alpha value is -1.91. The van der Waals surface area contributed by atoms with Crippen LogP contribution in [0, 0.1) is 0 Å². The van der Waals surface area contributed by atoms with Crippen molar-refractivity contribution < 1.29 is 9.53 Å². The fourth-order valence-corrected chi connectivity index (χ4v) is 2.39. The number of ether oxygens (including phenoxy) is 1. The van der Waals surface area contributed by atoms with E-state index in [1.54, 1.807) is 0 Å². The predicted octanol–water partition coefficient (Wildman–Crippen LogP) is 1.56. The molecule has 1 aliphatic heterocycles. The van der Waals surface area contributed by atoms with Gasteiger partial charge in [-0.05, 0) is 22.9 Å². The summed E-state index contributed by atoms with van der Waals surface area (Å²) in [5.41, 5.74) is 0.687. The second-order valence-electron chi connectivity index (χ2n) is 4.97. The Morgan fingerprint density at radius 1 is 1.25 bits per heavy atom. The first-order valence-corrected chi connectivity index (χ1v) is 6.92. The highest BCUT2D eigenvalue weighted by molar-refractivity contribution is 5.98. The molecule has 104 valence electrons. The van der Waals surface area contributed by atoms with E-state index in [1.165, 1.54) is 0 Å². The molecule has 2 N–H and O–H groups in total. The van der Waals surface area contributed by atoms with E-state index < -0.39 is 0 Å². The first-order chi connectivity index (χ1) is 9.83. The molecule has 4 heteroatoms. The summed E-state index contributed by atoms with van der Waals surface area (Å²) in [4.78, 5) is 12.1. The van der Waals surface area contributed by atoms with E-state index in [0.717, 1.165) is 23.9 Å². The lowest BCUT2D eigenvalue weighted by molar-refractivity contribution is 0.0287. The van der Waals surface area contributed by atoms with Gasteiger partial charge in [0.05, 0.1) is 12.7 Å². The number of benzene rings is 2. The zero-order valence-corrected chi connectivity index (χ0v) is 11.3. The van der Waals surface area contributed by atoms with Crippen LogP contribution in [0.4, 0.5) is 0 Å². The van der Waals surface area contributed by atoms with Gasteiger partial charge in [0.15, 0.2) is 0 Å². The second-order valence-corrected chi connectivity index (χ2v) is 4.97. The van der Waals surface area contributed by atoms with Crippen molar-refractivity contribution in [2.75, 3.05) is 26.2 Å². The average Bonchev–Trinajstić information content (AvgIpc) is 2.53. The molecule has 0 radical (unpaired) electrons. The number of carbonyl (C=O) groups excluding carboxylic acids is 1. The van der Waals surface area contributed by atoms with Gasteiger partial charge in [0.1, 0.15) is 0 Å². The van der Waals surface area contributed by atoms with E-state index in [9.17, 15) is 4.79 Å². The molecule has 1 unspecified atom stereocenters. The molecule has 0 bridgehead atoms. The molecule has 2 aromatic carbocycles. The summed E-state index contributed by atoms with van der Waals surface area (Å²) in [6.45, 7) is 2.92. The van der Waals surface area contributed by atoms with Crippen molar-refractivity contribution >= 4 is 16.7 Å². The fourth-order valence-electron chi connectivity index (χ4n) is 2.39. The minimum atomic E-state index is -0.0510. The second kappa shape index (κ2) is 6.03.